The number of rotatable bonds is 2. The second-order valence-electron chi connectivity index (χ2n) is 2.58. The molecular weight excluding hydrogens is 302 g/mol. The van der Waals surface area contributed by atoms with Crippen molar-refractivity contribution in [3.05, 3.63) is 31.9 Å². The second kappa shape index (κ2) is 4.28. The zero-order valence-electron chi connectivity index (χ0n) is 6.97. The average Bonchev–Trinajstić information content (AvgIpc) is 2.08. The van der Waals surface area contributed by atoms with E-state index in [1.165, 1.54) is 0 Å². The van der Waals surface area contributed by atoms with Gasteiger partial charge in [0.15, 0.2) is 0 Å². The monoisotopic (exact) mass is 310 g/mol. The third-order valence-corrected chi connectivity index (χ3v) is 3.28. The lowest BCUT2D eigenvalue weighted by atomic mass is 10.1. The highest BCUT2D eigenvalue weighted by Crippen LogP contribution is 2.23. The molecule has 70 valence electrons. The fourth-order valence-electron chi connectivity index (χ4n) is 1.08. The predicted molar refractivity (Wildman–Crippen MR) is 60.5 cm³/mol. The van der Waals surface area contributed by atoms with Gasteiger partial charge in [0.2, 0.25) is 0 Å². The van der Waals surface area contributed by atoms with E-state index in [9.17, 15) is 4.79 Å². The van der Waals surface area contributed by atoms with Crippen molar-refractivity contribution < 1.29 is 9.90 Å². The Morgan fingerprint density at radius 3 is 2.69 bits per heavy atom. The van der Waals surface area contributed by atoms with Crippen LogP contribution in [0.1, 0.15) is 22.8 Å². The van der Waals surface area contributed by atoms with E-state index in [0.717, 1.165) is 9.13 Å². The molecule has 1 aromatic carbocycles. The number of aryl methyl sites for hydroxylation is 1. The molecule has 0 spiro atoms. The van der Waals surface area contributed by atoms with E-state index >= 15 is 0 Å². The van der Waals surface area contributed by atoms with Crippen molar-refractivity contribution in [3.63, 3.8) is 0 Å². The molecule has 2 nitrogen and oxygen atoms in total. The Hall–Kier alpha value is -0.290. The molecule has 0 aliphatic rings. The molecule has 0 unspecified atom stereocenters. The standard InChI is InChI=1S/C9H8ClIO2/c1-2-5-3-7(10)8(11)4-6(5)9(12)13/h3-4H,2H2,1H3,(H,12,13). The summed E-state index contributed by atoms with van der Waals surface area (Å²) in [5, 5.41) is 9.48. The Morgan fingerprint density at radius 1 is 1.62 bits per heavy atom. The zero-order chi connectivity index (χ0) is 10.0. The molecule has 1 N–H and O–H groups in total. The normalized spacial score (nSPS) is 10.1. The van der Waals surface area contributed by atoms with E-state index in [-0.39, 0.29) is 0 Å². The molecule has 0 saturated heterocycles. The number of carboxylic acid groups (broad SMARTS) is 1. The Kier molecular flexibility index (Phi) is 3.55. The van der Waals surface area contributed by atoms with E-state index in [4.69, 9.17) is 16.7 Å². The highest BCUT2D eigenvalue weighted by atomic mass is 127. The Labute approximate surface area is 95.0 Å². The molecule has 0 bridgehead atoms. The van der Waals surface area contributed by atoms with E-state index in [1.54, 1.807) is 12.1 Å². The molecule has 13 heavy (non-hydrogen) atoms. The number of benzene rings is 1. The number of carboxylic acids is 1. The minimum atomic E-state index is -0.897. The van der Waals surface area contributed by atoms with Gasteiger partial charge in [-0.15, -0.1) is 0 Å². The van der Waals surface area contributed by atoms with Crippen LogP contribution in [-0.2, 0) is 6.42 Å². The first-order valence-electron chi connectivity index (χ1n) is 3.77. The van der Waals surface area contributed by atoms with Gasteiger partial charge in [-0.25, -0.2) is 4.79 Å². The van der Waals surface area contributed by atoms with Gasteiger partial charge in [0.05, 0.1) is 10.6 Å². The van der Waals surface area contributed by atoms with Crippen molar-refractivity contribution in [1.29, 1.82) is 0 Å². The molecular formula is C9H8ClIO2. The van der Waals surface area contributed by atoms with Crippen LogP contribution in [-0.4, -0.2) is 11.1 Å². The maximum atomic E-state index is 10.8. The topological polar surface area (TPSA) is 37.3 Å². The van der Waals surface area contributed by atoms with Crippen LogP contribution in [0.25, 0.3) is 0 Å². The molecule has 0 heterocycles. The lowest BCUT2D eigenvalue weighted by Crippen LogP contribution is -2.02. The number of hydrogen-bond donors (Lipinski definition) is 1. The van der Waals surface area contributed by atoms with Crippen molar-refractivity contribution in [2.75, 3.05) is 0 Å². The van der Waals surface area contributed by atoms with Crippen molar-refractivity contribution in [3.8, 4) is 0 Å². The smallest absolute Gasteiger partial charge is 0.336 e. The largest absolute Gasteiger partial charge is 0.478 e. The maximum Gasteiger partial charge on any atom is 0.336 e. The van der Waals surface area contributed by atoms with E-state index in [2.05, 4.69) is 0 Å². The first-order chi connectivity index (χ1) is 6.06. The van der Waals surface area contributed by atoms with Crippen LogP contribution in [0.4, 0.5) is 0 Å². The number of hydrogen-bond acceptors (Lipinski definition) is 1. The Bertz CT molecular complexity index is 350. The van der Waals surface area contributed by atoms with Crippen LogP contribution >= 0.6 is 34.2 Å². The molecule has 0 aliphatic heterocycles. The molecule has 0 fully saturated rings. The highest BCUT2D eigenvalue weighted by molar-refractivity contribution is 14.1. The van der Waals surface area contributed by atoms with Crippen LogP contribution in [0, 0.1) is 3.57 Å². The SMILES string of the molecule is CCc1cc(Cl)c(I)cc1C(=O)O. The first kappa shape index (κ1) is 10.8. The maximum absolute atomic E-state index is 10.8. The molecule has 0 atom stereocenters. The molecule has 0 saturated carbocycles. The van der Waals surface area contributed by atoms with Crippen molar-refractivity contribution in [2.24, 2.45) is 0 Å². The molecule has 0 aliphatic carbocycles. The Morgan fingerprint density at radius 2 is 2.23 bits per heavy atom. The third kappa shape index (κ3) is 2.34. The van der Waals surface area contributed by atoms with Crippen LogP contribution in [0.5, 0.6) is 0 Å². The molecule has 0 radical (unpaired) electrons. The van der Waals surface area contributed by atoms with Crippen molar-refractivity contribution in [1.82, 2.24) is 0 Å². The average molecular weight is 311 g/mol. The van der Waals surface area contributed by atoms with Gasteiger partial charge in [-0.3, -0.25) is 0 Å². The van der Waals surface area contributed by atoms with Crippen LogP contribution in [0.15, 0.2) is 12.1 Å². The molecule has 0 aromatic heterocycles. The van der Waals surface area contributed by atoms with Crippen LogP contribution in [0.2, 0.25) is 5.02 Å². The van der Waals surface area contributed by atoms with Gasteiger partial charge < -0.3 is 5.11 Å². The summed E-state index contributed by atoms with van der Waals surface area (Å²) in [7, 11) is 0. The summed E-state index contributed by atoms with van der Waals surface area (Å²) in [4.78, 5) is 10.8. The molecule has 4 heteroatoms. The third-order valence-electron chi connectivity index (χ3n) is 1.76. The number of halogens is 2. The first-order valence-corrected chi connectivity index (χ1v) is 5.23. The quantitative estimate of drug-likeness (QED) is 0.852. The van der Waals surface area contributed by atoms with Gasteiger partial charge in [-0.2, -0.15) is 0 Å². The van der Waals surface area contributed by atoms with E-state index in [0.29, 0.717) is 17.0 Å². The van der Waals surface area contributed by atoms with Gasteiger partial charge >= 0.3 is 5.97 Å². The predicted octanol–water partition coefficient (Wildman–Crippen LogP) is 3.21. The second-order valence-corrected chi connectivity index (χ2v) is 4.15. The molecule has 0 amide bonds. The minimum Gasteiger partial charge on any atom is -0.478 e. The summed E-state index contributed by atoms with van der Waals surface area (Å²) in [5.74, 6) is -0.897. The highest BCUT2D eigenvalue weighted by Gasteiger charge is 2.11. The summed E-state index contributed by atoms with van der Waals surface area (Å²) in [5.41, 5.74) is 1.12. The lowest BCUT2D eigenvalue weighted by Gasteiger charge is -2.05. The molecule has 1 aromatic rings. The minimum absolute atomic E-state index is 0.344. The summed E-state index contributed by atoms with van der Waals surface area (Å²) in [6.45, 7) is 1.91. The summed E-state index contributed by atoms with van der Waals surface area (Å²) < 4.78 is 0.772. The Balaban J connectivity index is 3.33. The van der Waals surface area contributed by atoms with Crippen molar-refractivity contribution in [2.45, 2.75) is 13.3 Å². The molecule has 1 rings (SSSR count). The van der Waals surface area contributed by atoms with E-state index in [1.807, 2.05) is 29.5 Å². The van der Waals surface area contributed by atoms with Gasteiger partial charge in [0, 0.05) is 3.57 Å². The van der Waals surface area contributed by atoms with Gasteiger partial charge in [0.1, 0.15) is 0 Å². The van der Waals surface area contributed by atoms with Gasteiger partial charge in [0.25, 0.3) is 0 Å². The van der Waals surface area contributed by atoms with Crippen LogP contribution in [0.3, 0.4) is 0 Å². The summed E-state index contributed by atoms with van der Waals surface area (Å²) >= 11 is 7.89. The lowest BCUT2D eigenvalue weighted by molar-refractivity contribution is 0.0695. The fourth-order valence-corrected chi connectivity index (χ4v) is 1.73. The van der Waals surface area contributed by atoms with Gasteiger partial charge in [-0.1, -0.05) is 18.5 Å². The fraction of sp³-hybridized carbons (Fsp3) is 0.222. The van der Waals surface area contributed by atoms with Gasteiger partial charge in [-0.05, 0) is 46.7 Å². The number of aromatic carboxylic acids is 1. The number of carbonyl (C=O) groups is 1. The van der Waals surface area contributed by atoms with Crippen molar-refractivity contribution >= 4 is 40.2 Å². The zero-order valence-corrected chi connectivity index (χ0v) is 9.89. The summed E-state index contributed by atoms with van der Waals surface area (Å²) in [6, 6.07) is 3.32. The summed E-state index contributed by atoms with van der Waals surface area (Å²) in [6.07, 6.45) is 0.679. The van der Waals surface area contributed by atoms with Crippen LogP contribution < -0.4 is 0 Å². The van der Waals surface area contributed by atoms with E-state index < -0.39 is 5.97 Å².